The van der Waals surface area contributed by atoms with Crippen LogP contribution < -0.4 is 0 Å². The molecule has 1 aliphatic heterocycles. The number of hydrogen-bond donors (Lipinski definition) is 0. The van der Waals surface area contributed by atoms with E-state index in [4.69, 9.17) is 0 Å². The van der Waals surface area contributed by atoms with E-state index in [0.717, 1.165) is 0 Å². The minimum atomic E-state index is -5.26. The fraction of sp³-hybridized carbons (Fsp3) is 1.00. The standard InChI is InChI=1S/C10H11F10NO/c1-4(8(12,13)14)7(11)21-2-5(9(15,16)17)22-6(3-21)10(18,19)20/h4-7H,2-3H2,1H3. The second-order valence-corrected chi connectivity index (χ2v) is 4.85. The molecule has 2 nitrogen and oxygen atoms in total. The van der Waals surface area contributed by atoms with E-state index in [1.165, 1.54) is 0 Å². The second kappa shape index (κ2) is 6.02. The molecule has 4 atom stereocenters. The minimum absolute atomic E-state index is 0.141. The van der Waals surface area contributed by atoms with E-state index in [-0.39, 0.29) is 4.90 Å². The molecule has 1 fully saturated rings. The molecule has 1 heterocycles. The summed E-state index contributed by atoms with van der Waals surface area (Å²) in [5.74, 6) is -2.74. The van der Waals surface area contributed by atoms with Crippen molar-refractivity contribution in [2.45, 2.75) is 44.0 Å². The molecule has 0 N–H and O–H groups in total. The van der Waals surface area contributed by atoms with Crippen molar-refractivity contribution in [3.05, 3.63) is 0 Å². The summed E-state index contributed by atoms with van der Waals surface area (Å²) in [7, 11) is 0. The molecule has 0 aliphatic carbocycles. The molecule has 0 bridgehead atoms. The summed E-state index contributed by atoms with van der Waals surface area (Å²) in [5, 5.41) is 0. The summed E-state index contributed by atoms with van der Waals surface area (Å²) in [6.45, 7) is -2.55. The van der Waals surface area contributed by atoms with Gasteiger partial charge in [0.05, 0.1) is 5.92 Å². The molecule has 0 spiro atoms. The third kappa shape index (κ3) is 4.61. The Hall–Kier alpha value is -0.780. The highest BCUT2D eigenvalue weighted by atomic mass is 19.4. The van der Waals surface area contributed by atoms with Crippen molar-refractivity contribution in [1.29, 1.82) is 0 Å². The number of morpholine rings is 1. The Kier molecular flexibility index (Phi) is 5.27. The van der Waals surface area contributed by atoms with Crippen LogP contribution in [0.5, 0.6) is 0 Å². The predicted octanol–water partition coefficient (Wildman–Crippen LogP) is 3.67. The molecular weight excluding hydrogens is 340 g/mol. The zero-order valence-corrected chi connectivity index (χ0v) is 10.9. The Labute approximate surface area is 118 Å². The maximum Gasteiger partial charge on any atom is 0.415 e. The fourth-order valence-electron chi connectivity index (χ4n) is 1.82. The van der Waals surface area contributed by atoms with E-state index in [1.807, 2.05) is 0 Å². The molecule has 132 valence electrons. The Morgan fingerprint density at radius 1 is 0.864 bits per heavy atom. The summed E-state index contributed by atoms with van der Waals surface area (Å²) in [4.78, 5) is -0.141. The first kappa shape index (κ1) is 19.3. The number of ether oxygens (including phenoxy) is 1. The van der Waals surface area contributed by atoms with E-state index in [2.05, 4.69) is 4.74 Å². The van der Waals surface area contributed by atoms with Crippen LogP contribution in [0.1, 0.15) is 6.92 Å². The number of rotatable bonds is 2. The SMILES string of the molecule is CC(C(F)N1CC(C(F)(F)F)OC(C(F)(F)F)C1)C(F)(F)F. The third-order valence-electron chi connectivity index (χ3n) is 3.14. The van der Waals surface area contributed by atoms with Crippen LogP contribution in [0.3, 0.4) is 0 Å². The van der Waals surface area contributed by atoms with Crippen molar-refractivity contribution in [3.8, 4) is 0 Å². The van der Waals surface area contributed by atoms with Gasteiger partial charge in [-0.3, -0.25) is 4.90 Å². The van der Waals surface area contributed by atoms with Crippen LogP contribution in [-0.4, -0.2) is 55.0 Å². The van der Waals surface area contributed by atoms with Gasteiger partial charge in [0.1, 0.15) is 0 Å². The van der Waals surface area contributed by atoms with Gasteiger partial charge in [-0.15, -0.1) is 0 Å². The number of hydrogen-bond acceptors (Lipinski definition) is 2. The van der Waals surface area contributed by atoms with Crippen molar-refractivity contribution < 1.29 is 48.6 Å². The van der Waals surface area contributed by atoms with E-state index in [1.54, 1.807) is 0 Å². The fourth-order valence-corrected chi connectivity index (χ4v) is 1.82. The lowest BCUT2D eigenvalue weighted by Crippen LogP contribution is -2.60. The molecular formula is C10H11F10NO. The van der Waals surface area contributed by atoms with Gasteiger partial charge in [-0.2, -0.15) is 39.5 Å². The monoisotopic (exact) mass is 351 g/mol. The van der Waals surface area contributed by atoms with E-state index in [9.17, 15) is 43.9 Å². The number of nitrogens with zero attached hydrogens (tertiary/aromatic N) is 1. The minimum Gasteiger partial charge on any atom is -0.353 e. The zero-order valence-electron chi connectivity index (χ0n) is 10.9. The first-order valence-corrected chi connectivity index (χ1v) is 5.87. The predicted molar refractivity (Wildman–Crippen MR) is 52.5 cm³/mol. The highest BCUT2D eigenvalue weighted by Crippen LogP contribution is 2.37. The van der Waals surface area contributed by atoms with Gasteiger partial charge >= 0.3 is 18.5 Å². The van der Waals surface area contributed by atoms with Crippen molar-refractivity contribution in [2.24, 2.45) is 5.92 Å². The molecule has 1 aliphatic rings. The zero-order chi connectivity index (χ0) is 17.5. The van der Waals surface area contributed by atoms with Crippen LogP contribution in [0.15, 0.2) is 0 Å². The van der Waals surface area contributed by atoms with Gasteiger partial charge in [0.2, 0.25) is 0 Å². The summed E-state index contributed by atoms with van der Waals surface area (Å²) < 4.78 is 130. The van der Waals surface area contributed by atoms with Gasteiger partial charge in [0.15, 0.2) is 18.5 Å². The van der Waals surface area contributed by atoms with Gasteiger partial charge < -0.3 is 4.74 Å². The highest BCUT2D eigenvalue weighted by molar-refractivity contribution is 4.88. The van der Waals surface area contributed by atoms with Crippen LogP contribution in [0.25, 0.3) is 0 Å². The van der Waals surface area contributed by atoms with E-state index >= 15 is 0 Å². The molecule has 12 heteroatoms. The molecule has 22 heavy (non-hydrogen) atoms. The molecule has 1 saturated heterocycles. The Morgan fingerprint density at radius 3 is 1.50 bits per heavy atom. The highest BCUT2D eigenvalue weighted by Gasteiger charge is 2.55. The van der Waals surface area contributed by atoms with Crippen molar-refractivity contribution in [2.75, 3.05) is 13.1 Å². The summed E-state index contributed by atoms with van der Waals surface area (Å²) >= 11 is 0. The topological polar surface area (TPSA) is 12.5 Å². The van der Waals surface area contributed by atoms with Gasteiger partial charge in [0, 0.05) is 13.1 Å². The Balaban J connectivity index is 2.98. The molecule has 0 aromatic rings. The first-order valence-electron chi connectivity index (χ1n) is 5.87. The smallest absolute Gasteiger partial charge is 0.353 e. The Morgan fingerprint density at radius 2 is 1.23 bits per heavy atom. The van der Waals surface area contributed by atoms with Crippen molar-refractivity contribution in [3.63, 3.8) is 0 Å². The summed E-state index contributed by atoms with van der Waals surface area (Å²) in [5.41, 5.74) is 0. The average molecular weight is 351 g/mol. The average Bonchev–Trinajstić information content (AvgIpc) is 2.33. The van der Waals surface area contributed by atoms with Gasteiger partial charge in [-0.1, -0.05) is 0 Å². The third-order valence-corrected chi connectivity index (χ3v) is 3.14. The number of halogens is 10. The van der Waals surface area contributed by atoms with Gasteiger partial charge in [0.25, 0.3) is 0 Å². The summed E-state index contributed by atoms with van der Waals surface area (Å²) in [6, 6.07) is 0. The Bertz CT molecular complexity index is 353. The van der Waals surface area contributed by atoms with E-state index < -0.39 is 56.0 Å². The largest absolute Gasteiger partial charge is 0.415 e. The lowest BCUT2D eigenvalue weighted by Gasteiger charge is -2.41. The molecule has 1 rings (SSSR count). The van der Waals surface area contributed by atoms with Crippen LogP contribution in [0.2, 0.25) is 0 Å². The van der Waals surface area contributed by atoms with Crippen molar-refractivity contribution in [1.82, 2.24) is 4.90 Å². The normalized spacial score (nSPS) is 28.5. The molecule has 0 aromatic carbocycles. The lowest BCUT2D eigenvalue weighted by atomic mass is 10.1. The van der Waals surface area contributed by atoms with Gasteiger partial charge in [-0.05, 0) is 6.92 Å². The van der Waals surface area contributed by atoms with Crippen LogP contribution in [0, 0.1) is 5.92 Å². The van der Waals surface area contributed by atoms with E-state index in [0.29, 0.717) is 6.92 Å². The molecule has 0 saturated carbocycles. The van der Waals surface area contributed by atoms with Crippen LogP contribution >= 0.6 is 0 Å². The molecule has 0 radical (unpaired) electrons. The molecule has 0 aromatic heterocycles. The maximum absolute atomic E-state index is 13.7. The second-order valence-electron chi connectivity index (χ2n) is 4.85. The quantitative estimate of drug-likeness (QED) is 0.556. The lowest BCUT2D eigenvalue weighted by molar-refractivity contribution is -0.316. The van der Waals surface area contributed by atoms with Gasteiger partial charge in [-0.25, -0.2) is 4.39 Å². The van der Waals surface area contributed by atoms with Crippen molar-refractivity contribution >= 4 is 0 Å². The molecule has 4 unspecified atom stereocenters. The van der Waals surface area contributed by atoms with Crippen LogP contribution in [0.4, 0.5) is 43.9 Å². The molecule has 0 amide bonds. The maximum atomic E-state index is 13.7. The summed E-state index contributed by atoms with van der Waals surface area (Å²) in [6.07, 6.45) is -24.7. The van der Waals surface area contributed by atoms with Crippen LogP contribution in [-0.2, 0) is 4.74 Å². The first-order chi connectivity index (χ1) is 9.64. The number of alkyl halides is 10.